The maximum atomic E-state index is 11.9. The van der Waals surface area contributed by atoms with E-state index in [0.717, 1.165) is 36.9 Å². The molecule has 3 N–H and O–H groups in total. The number of carbonyl (C=O) groups excluding carboxylic acids is 1. The highest BCUT2D eigenvalue weighted by Gasteiger charge is 2.30. The number of amides is 1. The van der Waals surface area contributed by atoms with Gasteiger partial charge in [0.05, 0.1) is 12.1 Å². The van der Waals surface area contributed by atoms with Gasteiger partial charge in [-0.25, -0.2) is 0 Å². The van der Waals surface area contributed by atoms with Crippen LogP contribution in [0.5, 0.6) is 0 Å². The number of halogens is 1. The van der Waals surface area contributed by atoms with Crippen LogP contribution >= 0.6 is 11.6 Å². The number of anilines is 1. The smallest absolute Gasteiger partial charge is 0.238 e. The Morgan fingerprint density at radius 1 is 1.40 bits per heavy atom. The Labute approximate surface area is 124 Å². The quantitative estimate of drug-likeness (QED) is 0.782. The van der Waals surface area contributed by atoms with Crippen molar-refractivity contribution in [1.29, 1.82) is 0 Å². The molecule has 1 aromatic rings. The molecular weight excluding hydrogens is 276 g/mol. The number of carbonyl (C=O) groups is 1. The molecule has 0 aliphatic heterocycles. The van der Waals surface area contributed by atoms with Crippen LogP contribution in [0, 0.1) is 6.92 Å². The number of aliphatic hydroxyl groups is 1. The summed E-state index contributed by atoms with van der Waals surface area (Å²) < 4.78 is 0. The van der Waals surface area contributed by atoms with E-state index in [4.69, 9.17) is 11.6 Å². The third-order valence-electron chi connectivity index (χ3n) is 3.75. The second-order valence-corrected chi connectivity index (χ2v) is 5.98. The summed E-state index contributed by atoms with van der Waals surface area (Å²) in [5, 5.41) is 16.6. The molecule has 2 rings (SSSR count). The summed E-state index contributed by atoms with van der Waals surface area (Å²) in [6, 6.07) is 5.40. The van der Waals surface area contributed by atoms with Crippen LogP contribution in [0.15, 0.2) is 18.2 Å². The van der Waals surface area contributed by atoms with Gasteiger partial charge in [-0.1, -0.05) is 30.5 Å². The van der Waals surface area contributed by atoms with Gasteiger partial charge in [-0.2, -0.15) is 0 Å². The molecule has 20 heavy (non-hydrogen) atoms. The molecular formula is C15H21ClN2O2. The second kappa shape index (κ2) is 6.57. The summed E-state index contributed by atoms with van der Waals surface area (Å²) in [7, 11) is 0. The lowest BCUT2D eigenvalue weighted by Crippen LogP contribution is -2.41. The molecule has 4 nitrogen and oxygen atoms in total. The van der Waals surface area contributed by atoms with E-state index < -0.39 is 5.60 Å². The van der Waals surface area contributed by atoms with Gasteiger partial charge in [-0.05, 0) is 37.5 Å². The topological polar surface area (TPSA) is 61.4 Å². The summed E-state index contributed by atoms with van der Waals surface area (Å²) in [6.45, 7) is 2.57. The Kier molecular flexibility index (Phi) is 5.02. The summed E-state index contributed by atoms with van der Waals surface area (Å²) in [4.78, 5) is 11.9. The summed E-state index contributed by atoms with van der Waals surface area (Å²) in [6.07, 6.45) is 3.75. The Morgan fingerprint density at radius 3 is 2.80 bits per heavy atom. The first-order chi connectivity index (χ1) is 9.48. The van der Waals surface area contributed by atoms with E-state index in [1.54, 1.807) is 12.1 Å². The SMILES string of the molecule is Cc1ccc(Cl)cc1NC(=O)CNCC1(O)CCCC1. The molecule has 1 saturated carbocycles. The standard InChI is InChI=1S/C15H21ClN2O2/c1-11-4-5-12(16)8-13(11)18-14(19)9-17-10-15(20)6-2-3-7-15/h4-5,8,17,20H,2-3,6-7,9-10H2,1H3,(H,18,19). The number of hydrogen-bond donors (Lipinski definition) is 3. The molecule has 0 heterocycles. The first-order valence-corrected chi connectivity index (χ1v) is 7.35. The fourth-order valence-electron chi connectivity index (χ4n) is 2.54. The average Bonchev–Trinajstić information content (AvgIpc) is 2.81. The van der Waals surface area contributed by atoms with Crippen molar-refractivity contribution in [3.63, 3.8) is 0 Å². The van der Waals surface area contributed by atoms with E-state index in [0.29, 0.717) is 11.6 Å². The van der Waals surface area contributed by atoms with Crippen LogP contribution in [0.4, 0.5) is 5.69 Å². The van der Waals surface area contributed by atoms with Gasteiger partial charge in [-0.15, -0.1) is 0 Å². The van der Waals surface area contributed by atoms with E-state index in [2.05, 4.69) is 10.6 Å². The van der Waals surface area contributed by atoms with Crippen molar-refractivity contribution in [3.8, 4) is 0 Å². The molecule has 0 atom stereocenters. The van der Waals surface area contributed by atoms with Gasteiger partial charge < -0.3 is 15.7 Å². The van der Waals surface area contributed by atoms with Gasteiger partial charge in [0.2, 0.25) is 5.91 Å². The van der Waals surface area contributed by atoms with Crippen molar-refractivity contribution in [2.75, 3.05) is 18.4 Å². The van der Waals surface area contributed by atoms with Crippen molar-refractivity contribution in [1.82, 2.24) is 5.32 Å². The van der Waals surface area contributed by atoms with Crippen LogP contribution in [0.2, 0.25) is 5.02 Å². The van der Waals surface area contributed by atoms with E-state index in [-0.39, 0.29) is 12.5 Å². The summed E-state index contributed by atoms with van der Waals surface area (Å²) >= 11 is 5.91. The average molecular weight is 297 g/mol. The maximum Gasteiger partial charge on any atom is 0.238 e. The third kappa shape index (κ3) is 4.20. The summed E-state index contributed by atoms with van der Waals surface area (Å²) in [5.41, 5.74) is 1.06. The molecule has 0 saturated heterocycles. The summed E-state index contributed by atoms with van der Waals surface area (Å²) in [5.74, 6) is -0.128. The van der Waals surface area contributed by atoms with E-state index in [1.807, 2.05) is 13.0 Å². The zero-order valence-corrected chi connectivity index (χ0v) is 12.5. The van der Waals surface area contributed by atoms with Gasteiger partial charge >= 0.3 is 0 Å². The van der Waals surface area contributed by atoms with Crippen LogP contribution in [-0.4, -0.2) is 29.7 Å². The number of nitrogens with one attached hydrogen (secondary N) is 2. The number of benzene rings is 1. The van der Waals surface area contributed by atoms with E-state index in [1.165, 1.54) is 0 Å². The molecule has 0 bridgehead atoms. The minimum atomic E-state index is -0.633. The molecule has 0 spiro atoms. The van der Waals surface area contributed by atoms with Crippen LogP contribution in [0.25, 0.3) is 0 Å². The molecule has 0 aromatic heterocycles. The fourth-order valence-corrected chi connectivity index (χ4v) is 2.71. The van der Waals surface area contributed by atoms with Gasteiger partial charge in [0.1, 0.15) is 0 Å². The predicted molar refractivity (Wildman–Crippen MR) is 81.1 cm³/mol. The highest BCUT2D eigenvalue weighted by atomic mass is 35.5. The van der Waals surface area contributed by atoms with Crippen molar-refractivity contribution in [2.45, 2.75) is 38.2 Å². The van der Waals surface area contributed by atoms with Crippen molar-refractivity contribution >= 4 is 23.2 Å². The molecule has 1 aromatic carbocycles. The first-order valence-electron chi connectivity index (χ1n) is 6.98. The van der Waals surface area contributed by atoms with Gasteiger partial charge in [0, 0.05) is 17.3 Å². The second-order valence-electron chi connectivity index (χ2n) is 5.54. The lowest BCUT2D eigenvalue weighted by Gasteiger charge is -2.22. The number of aryl methyl sites for hydroxylation is 1. The van der Waals surface area contributed by atoms with Crippen LogP contribution in [0.1, 0.15) is 31.2 Å². The highest BCUT2D eigenvalue weighted by Crippen LogP contribution is 2.28. The lowest BCUT2D eigenvalue weighted by atomic mass is 10.0. The van der Waals surface area contributed by atoms with E-state index >= 15 is 0 Å². The van der Waals surface area contributed by atoms with Crippen LogP contribution in [-0.2, 0) is 4.79 Å². The number of rotatable bonds is 5. The zero-order valence-electron chi connectivity index (χ0n) is 11.7. The number of hydrogen-bond acceptors (Lipinski definition) is 3. The Balaban J connectivity index is 1.79. The first kappa shape index (κ1) is 15.3. The monoisotopic (exact) mass is 296 g/mol. The van der Waals surface area contributed by atoms with E-state index in [9.17, 15) is 9.90 Å². The van der Waals surface area contributed by atoms with Gasteiger partial charge in [0.15, 0.2) is 0 Å². The lowest BCUT2D eigenvalue weighted by molar-refractivity contribution is -0.115. The zero-order chi connectivity index (χ0) is 14.6. The molecule has 5 heteroatoms. The van der Waals surface area contributed by atoms with Gasteiger partial charge in [0.25, 0.3) is 0 Å². The van der Waals surface area contributed by atoms with Crippen LogP contribution < -0.4 is 10.6 Å². The van der Waals surface area contributed by atoms with Gasteiger partial charge in [-0.3, -0.25) is 4.79 Å². The molecule has 1 aliphatic rings. The Morgan fingerprint density at radius 2 is 2.10 bits per heavy atom. The highest BCUT2D eigenvalue weighted by molar-refractivity contribution is 6.31. The van der Waals surface area contributed by atoms with Crippen molar-refractivity contribution < 1.29 is 9.90 Å². The fraction of sp³-hybridized carbons (Fsp3) is 0.533. The molecule has 1 aliphatic carbocycles. The predicted octanol–water partition coefficient (Wildman–Crippen LogP) is 2.48. The molecule has 0 unspecified atom stereocenters. The minimum Gasteiger partial charge on any atom is -0.389 e. The maximum absolute atomic E-state index is 11.9. The minimum absolute atomic E-state index is 0.128. The normalized spacial score (nSPS) is 17.1. The largest absolute Gasteiger partial charge is 0.389 e. The Bertz CT molecular complexity index is 485. The van der Waals surface area contributed by atoms with Crippen LogP contribution in [0.3, 0.4) is 0 Å². The molecule has 1 amide bonds. The van der Waals surface area contributed by atoms with Crippen molar-refractivity contribution in [2.24, 2.45) is 0 Å². The van der Waals surface area contributed by atoms with Crippen molar-refractivity contribution in [3.05, 3.63) is 28.8 Å². The molecule has 0 radical (unpaired) electrons. The molecule has 110 valence electrons. The Hall–Kier alpha value is -1.10. The third-order valence-corrected chi connectivity index (χ3v) is 3.98. The molecule has 1 fully saturated rings.